The maximum absolute atomic E-state index is 8.91. The molecule has 0 spiro atoms. The van der Waals surface area contributed by atoms with E-state index in [0.717, 1.165) is 5.69 Å². The Balaban J connectivity index is 2.22. The second-order valence-corrected chi connectivity index (χ2v) is 4.61. The van der Waals surface area contributed by atoms with Crippen molar-refractivity contribution in [3.8, 4) is 0 Å². The summed E-state index contributed by atoms with van der Waals surface area (Å²) in [6.45, 7) is 1.09. The lowest BCUT2D eigenvalue weighted by atomic mass is 10.2. The minimum atomic E-state index is 0.0266. The van der Waals surface area contributed by atoms with Crippen molar-refractivity contribution >= 4 is 23.3 Å². The number of rotatable bonds is 8. The number of nitrogens with one attached hydrogen (secondary N) is 4. The predicted molar refractivity (Wildman–Crippen MR) is 90.5 cm³/mol. The van der Waals surface area contributed by atoms with Crippen molar-refractivity contribution < 1.29 is 5.11 Å². The zero-order valence-corrected chi connectivity index (χ0v) is 12.8. The van der Waals surface area contributed by atoms with Crippen LogP contribution < -0.4 is 21.3 Å². The molecular weight excluding hydrogens is 280 g/mol. The zero-order chi connectivity index (χ0) is 15.8. The van der Waals surface area contributed by atoms with E-state index < -0.39 is 0 Å². The van der Waals surface area contributed by atoms with Crippen molar-refractivity contribution in [2.75, 3.05) is 48.5 Å². The second-order valence-electron chi connectivity index (χ2n) is 4.61. The number of aliphatic hydroxyl groups is 1. The van der Waals surface area contributed by atoms with Crippen LogP contribution in [0.5, 0.6) is 0 Å². The van der Waals surface area contributed by atoms with Crippen molar-refractivity contribution in [3.63, 3.8) is 0 Å². The number of anilines is 4. The lowest BCUT2D eigenvalue weighted by Crippen LogP contribution is -2.14. The molecule has 0 atom stereocenters. The average molecular weight is 302 g/mol. The molecule has 0 amide bonds. The average Bonchev–Trinajstić information content (AvgIpc) is 2.58. The number of aromatic nitrogens is 2. The molecule has 5 N–H and O–H groups in total. The number of hydrogen-bond donors (Lipinski definition) is 5. The third kappa shape index (κ3) is 3.98. The van der Waals surface area contributed by atoms with E-state index in [2.05, 4.69) is 43.4 Å². The summed E-state index contributed by atoms with van der Waals surface area (Å²) in [6.07, 6.45) is 0. The Morgan fingerprint density at radius 3 is 2.32 bits per heavy atom. The highest BCUT2D eigenvalue weighted by molar-refractivity contribution is 5.78. The number of nitrogens with zero attached hydrogens (tertiary/aromatic N) is 2. The van der Waals surface area contributed by atoms with Gasteiger partial charge in [0.2, 0.25) is 5.95 Å². The molecule has 118 valence electrons. The summed E-state index contributed by atoms with van der Waals surface area (Å²) in [4.78, 5) is 8.83. The van der Waals surface area contributed by atoms with Crippen LogP contribution in [0.25, 0.3) is 0 Å². The topological polar surface area (TPSA) is 94.1 Å². The lowest BCUT2D eigenvalue weighted by Gasteiger charge is -2.16. The van der Waals surface area contributed by atoms with Crippen LogP contribution in [-0.2, 0) is 6.54 Å². The highest BCUT2D eigenvalue weighted by Gasteiger charge is 2.12. The maximum atomic E-state index is 8.91. The van der Waals surface area contributed by atoms with Crippen LogP contribution >= 0.6 is 0 Å². The van der Waals surface area contributed by atoms with E-state index in [1.807, 2.05) is 25.2 Å². The summed E-state index contributed by atoms with van der Waals surface area (Å²) in [5.74, 6) is 1.85. The van der Waals surface area contributed by atoms with E-state index in [4.69, 9.17) is 5.11 Å². The first-order chi connectivity index (χ1) is 10.8. The number of aliphatic hydroxyl groups excluding tert-OH is 1. The van der Waals surface area contributed by atoms with E-state index in [-0.39, 0.29) is 6.61 Å². The quantitative estimate of drug-likeness (QED) is 0.505. The fourth-order valence-electron chi connectivity index (χ4n) is 2.03. The highest BCUT2D eigenvalue weighted by atomic mass is 16.3. The van der Waals surface area contributed by atoms with E-state index in [0.29, 0.717) is 30.7 Å². The standard InChI is InChI=1S/C15H22N6O/c1-16-12-13(17-2)20-15(18-8-9-22)21-14(12)19-10-11-6-4-3-5-7-11/h3-7,16,22H,8-10H2,1-2H3,(H3,17,18,19,20,21). The summed E-state index contributed by atoms with van der Waals surface area (Å²) in [5.41, 5.74) is 1.96. The van der Waals surface area contributed by atoms with Gasteiger partial charge in [0.1, 0.15) is 5.69 Å². The summed E-state index contributed by atoms with van der Waals surface area (Å²) in [7, 11) is 3.63. The van der Waals surface area contributed by atoms with Crippen molar-refractivity contribution in [2.24, 2.45) is 0 Å². The van der Waals surface area contributed by atoms with Crippen LogP contribution in [0.1, 0.15) is 5.56 Å². The Morgan fingerprint density at radius 2 is 1.68 bits per heavy atom. The summed E-state index contributed by atoms with van der Waals surface area (Å²) in [5, 5.41) is 21.4. The molecule has 1 aromatic carbocycles. The molecule has 2 rings (SSSR count). The minimum absolute atomic E-state index is 0.0266. The van der Waals surface area contributed by atoms with Gasteiger partial charge in [0.15, 0.2) is 11.6 Å². The highest BCUT2D eigenvalue weighted by Crippen LogP contribution is 2.28. The first-order valence-electron chi connectivity index (χ1n) is 7.18. The molecule has 0 bridgehead atoms. The Hall–Kier alpha value is -2.54. The minimum Gasteiger partial charge on any atom is -0.395 e. The zero-order valence-electron chi connectivity index (χ0n) is 12.8. The lowest BCUT2D eigenvalue weighted by molar-refractivity contribution is 0.311. The normalized spacial score (nSPS) is 10.1. The van der Waals surface area contributed by atoms with Crippen LogP contribution in [0.2, 0.25) is 0 Å². The molecule has 0 aliphatic heterocycles. The molecule has 1 aromatic heterocycles. The van der Waals surface area contributed by atoms with Crippen LogP contribution in [-0.4, -0.2) is 42.3 Å². The Morgan fingerprint density at radius 1 is 0.955 bits per heavy atom. The summed E-state index contributed by atoms with van der Waals surface area (Å²) < 4.78 is 0. The molecule has 0 aliphatic carbocycles. The van der Waals surface area contributed by atoms with Gasteiger partial charge in [-0.3, -0.25) is 0 Å². The van der Waals surface area contributed by atoms with Crippen LogP contribution in [0.3, 0.4) is 0 Å². The van der Waals surface area contributed by atoms with Crippen molar-refractivity contribution in [1.29, 1.82) is 0 Å². The van der Waals surface area contributed by atoms with E-state index in [1.165, 1.54) is 5.56 Å². The van der Waals surface area contributed by atoms with Gasteiger partial charge in [-0.15, -0.1) is 0 Å². The fraction of sp³-hybridized carbons (Fsp3) is 0.333. The van der Waals surface area contributed by atoms with E-state index in [1.54, 1.807) is 7.05 Å². The van der Waals surface area contributed by atoms with Crippen molar-refractivity contribution in [1.82, 2.24) is 9.97 Å². The van der Waals surface area contributed by atoms with Crippen LogP contribution in [0.4, 0.5) is 23.3 Å². The molecule has 0 saturated heterocycles. The molecule has 0 saturated carbocycles. The van der Waals surface area contributed by atoms with E-state index >= 15 is 0 Å². The van der Waals surface area contributed by atoms with Gasteiger partial charge in [-0.05, 0) is 5.56 Å². The maximum Gasteiger partial charge on any atom is 0.226 e. The molecule has 2 aromatic rings. The van der Waals surface area contributed by atoms with Gasteiger partial charge in [0.25, 0.3) is 0 Å². The molecule has 7 nitrogen and oxygen atoms in total. The molecule has 1 heterocycles. The summed E-state index contributed by atoms with van der Waals surface area (Å²) >= 11 is 0. The van der Waals surface area contributed by atoms with Crippen LogP contribution in [0, 0.1) is 0 Å². The molecule has 0 radical (unpaired) electrons. The van der Waals surface area contributed by atoms with Crippen LogP contribution in [0.15, 0.2) is 30.3 Å². The Labute approximate surface area is 130 Å². The van der Waals surface area contributed by atoms with Gasteiger partial charge in [0.05, 0.1) is 6.61 Å². The largest absolute Gasteiger partial charge is 0.395 e. The van der Waals surface area contributed by atoms with Crippen molar-refractivity contribution in [2.45, 2.75) is 6.54 Å². The first-order valence-corrected chi connectivity index (χ1v) is 7.18. The second kappa shape index (κ2) is 8.04. The van der Waals surface area contributed by atoms with Gasteiger partial charge in [-0.25, -0.2) is 0 Å². The third-order valence-corrected chi connectivity index (χ3v) is 3.09. The molecule has 0 fully saturated rings. The Kier molecular flexibility index (Phi) is 5.79. The van der Waals surface area contributed by atoms with Gasteiger partial charge in [-0.2, -0.15) is 9.97 Å². The first kappa shape index (κ1) is 15.8. The number of benzene rings is 1. The Bertz CT molecular complexity index is 590. The van der Waals surface area contributed by atoms with Crippen molar-refractivity contribution in [3.05, 3.63) is 35.9 Å². The molecule has 7 heteroatoms. The molecular formula is C15H22N6O. The van der Waals surface area contributed by atoms with Gasteiger partial charge in [-0.1, -0.05) is 30.3 Å². The molecule has 0 unspecified atom stereocenters. The molecule has 22 heavy (non-hydrogen) atoms. The van der Waals surface area contributed by atoms with Gasteiger partial charge in [0, 0.05) is 27.2 Å². The smallest absolute Gasteiger partial charge is 0.226 e. The SMILES string of the molecule is CNc1nc(NCCO)nc(NCc2ccccc2)c1NC. The fourth-order valence-corrected chi connectivity index (χ4v) is 2.03. The third-order valence-electron chi connectivity index (χ3n) is 3.09. The monoisotopic (exact) mass is 302 g/mol. The predicted octanol–water partition coefficient (Wildman–Crippen LogP) is 1.58. The number of hydrogen-bond acceptors (Lipinski definition) is 7. The van der Waals surface area contributed by atoms with Gasteiger partial charge >= 0.3 is 0 Å². The van der Waals surface area contributed by atoms with E-state index in [9.17, 15) is 0 Å². The summed E-state index contributed by atoms with van der Waals surface area (Å²) in [6, 6.07) is 10.1. The van der Waals surface area contributed by atoms with Gasteiger partial charge < -0.3 is 26.4 Å². The molecule has 0 aliphatic rings.